The summed E-state index contributed by atoms with van der Waals surface area (Å²) in [6.45, 7) is 7.66. The number of benzene rings is 1. The third kappa shape index (κ3) is 2.81. The van der Waals surface area contributed by atoms with E-state index in [0.717, 1.165) is 0 Å². The third-order valence-electron chi connectivity index (χ3n) is 4.07. The fraction of sp³-hybridized carbons (Fsp3) is 0.538. The molecule has 1 heterocycles. The molecule has 0 bridgehead atoms. The van der Waals surface area contributed by atoms with Crippen molar-refractivity contribution in [1.29, 1.82) is 0 Å². The molecule has 0 spiro atoms. The van der Waals surface area contributed by atoms with Crippen LogP contribution in [0.4, 0.5) is 0 Å². The van der Waals surface area contributed by atoms with E-state index in [4.69, 9.17) is 9.31 Å². The second-order valence-corrected chi connectivity index (χ2v) is 7.88. The molecule has 1 aliphatic rings. The molecule has 2 N–H and O–H groups in total. The maximum Gasteiger partial charge on any atom is 0.494 e. The van der Waals surface area contributed by atoms with Gasteiger partial charge < -0.3 is 14.4 Å². The molecule has 1 aliphatic heterocycles. The smallest absolute Gasteiger partial charge is 0.494 e. The zero-order chi connectivity index (χ0) is 16.1. The van der Waals surface area contributed by atoms with Crippen LogP contribution in [-0.2, 0) is 19.3 Å². The molecule has 0 amide bonds. The second-order valence-electron chi connectivity index (χ2n) is 6.02. The fourth-order valence-electron chi connectivity index (χ4n) is 1.98. The largest absolute Gasteiger partial charge is 0.507 e. The minimum Gasteiger partial charge on any atom is -0.507 e. The average Bonchev–Trinajstić information content (AvgIpc) is 2.58. The molecule has 0 atom stereocenters. The van der Waals surface area contributed by atoms with Crippen LogP contribution in [0.3, 0.4) is 0 Å². The van der Waals surface area contributed by atoms with Gasteiger partial charge in [-0.25, -0.2) is 13.1 Å². The molecule has 21 heavy (non-hydrogen) atoms. The number of rotatable bonds is 3. The van der Waals surface area contributed by atoms with E-state index >= 15 is 0 Å². The summed E-state index contributed by atoms with van der Waals surface area (Å²) in [6, 6.07) is 4.28. The standard InChI is InChI=1S/C13H20BNO5S/c1-12(2)13(3,4)20-14(19-12)9-6-7-10(16)11(8-9)21(17,18)15-5/h6-8,15-16H,1-5H3. The Balaban J connectivity index is 2.43. The van der Waals surface area contributed by atoms with Gasteiger partial charge in [-0.2, -0.15) is 0 Å². The number of phenolic OH excluding ortho intramolecular Hbond substituents is 1. The van der Waals surface area contributed by atoms with Crippen LogP contribution >= 0.6 is 0 Å². The van der Waals surface area contributed by atoms with Crippen molar-refractivity contribution < 1.29 is 22.8 Å². The molecule has 0 aliphatic carbocycles. The number of sulfonamides is 1. The minimum absolute atomic E-state index is 0.197. The Morgan fingerprint density at radius 1 is 1.14 bits per heavy atom. The van der Waals surface area contributed by atoms with Gasteiger partial charge in [-0.1, -0.05) is 6.07 Å². The van der Waals surface area contributed by atoms with Crippen molar-refractivity contribution in [1.82, 2.24) is 4.72 Å². The first kappa shape index (κ1) is 16.3. The van der Waals surface area contributed by atoms with E-state index in [1.165, 1.54) is 19.2 Å². The lowest BCUT2D eigenvalue weighted by atomic mass is 9.79. The summed E-state index contributed by atoms with van der Waals surface area (Å²) < 4.78 is 37.7. The van der Waals surface area contributed by atoms with Crippen LogP contribution in [-0.4, -0.2) is 38.9 Å². The van der Waals surface area contributed by atoms with Gasteiger partial charge in [-0.15, -0.1) is 0 Å². The molecule has 2 rings (SSSR count). The second kappa shape index (κ2) is 4.98. The summed E-state index contributed by atoms with van der Waals surface area (Å²) in [5.41, 5.74) is -0.491. The van der Waals surface area contributed by atoms with E-state index in [2.05, 4.69) is 4.72 Å². The first-order valence-electron chi connectivity index (χ1n) is 6.62. The number of phenols is 1. The summed E-state index contributed by atoms with van der Waals surface area (Å²) in [5, 5.41) is 9.75. The summed E-state index contributed by atoms with van der Waals surface area (Å²) in [6.07, 6.45) is 0. The van der Waals surface area contributed by atoms with E-state index in [1.807, 2.05) is 27.7 Å². The average molecular weight is 313 g/mol. The summed E-state index contributed by atoms with van der Waals surface area (Å²) in [5.74, 6) is -0.315. The lowest BCUT2D eigenvalue weighted by molar-refractivity contribution is 0.00578. The normalized spacial score (nSPS) is 20.7. The molecular formula is C13H20BNO5S. The van der Waals surface area contributed by atoms with Gasteiger partial charge >= 0.3 is 7.12 Å². The van der Waals surface area contributed by atoms with E-state index in [-0.39, 0.29) is 10.6 Å². The van der Waals surface area contributed by atoms with Crippen LogP contribution in [0.15, 0.2) is 23.1 Å². The van der Waals surface area contributed by atoms with Crippen molar-refractivity contribution in [2.45, 2.75) is 43.8 Å². The van der Waals surface area contributed by atoms with Crippen molar-refractivity contribution in [3.05, 3.63) is 18.2 Å². The highest BCUT2D eigenvalue weighted by molar-refractivity contribution is 7.89. The molecular weight excluding hydrogens is 293 g/mol. The van der Waals surface area contributed by atoms with Gasteiger partial charge in [0.05, 0.1) is 11.2 Å². The topological polar surface area (TPSA) is 84.9 Å². The molecule has 116 valence electrons. The summed E-state index contributed by atoms with van der Waals surface area (Å²) in [4.78, 5) is -0.197. The molecule has 1 saturated heterocycles. The molecule has 1 aromatic carbocycles. The van der Waals surface area contributed by atoms with Crippen LogP contribution in [0.2, 0.25) is 0 Å². The maximum absolute atomic E-state index is 11.9. The van der Waals surface area contributed by atoms with Gasteiger partial charge in [0.2, 0.25) is 10.0 Å². The number of hydrogen-bond acceptors (Lipinski definition) is 5. The summed E-state index contributed by atoms with van der Waals surface area (Å²) >= 11 is 0. The first-order valence-corrected chi connectivity index (χ1v) is 8.10. The SMILES string of the molecule is CNS(=O)(=O)c1cc(B2OC(C)(C)C(C)(C)O2)ccc1O. The Labute approximate surface area is 125 Å². The molecule has 0 saturated carbocycles. The molecule has 6 nitrogen and oxygen atoms in total. The Bertz CT molecular complexity index is 641. The molecule has 1 fully saturated rings. The van der Waals surface area contributed by atoms with Crippen LogP contribution in [0, 0.1) is 0 Å². The van der Waals surface area contributed by atoms with Gasteiger partial charge in [0, 0.05) is 0 Å². The highest BCUT2D eigenvalue weighted by atomic mass is 32.2. The van der Waals surface area contributed by atoms with Crippen LogP contribution in [0.25, 0.3) is 0 Å². The van der Waals surface area contributed by atoms with E-state index < -0.39 is 28.3 Å². The molecule has 0 aromatic heterocycles. The Morgan fingerprint density at radius 2 is 1.67 bits per heavy atom. The van der Waals surface area contributed by atoms with Gasteiger partial charge in [0.15, 0.2) is 0 Å². The maximum atomic E-state index is 11.9. The minimum atomic E-state index is -3.75. The number of aromatic hydroxyl groups is 1. The monoisotopic (exact) mass is 313 g/mol. The quantitative estimate of drug-likeness (QED) is 0.798. The lowest BCUT2D eigenvalue weighted by Gasteiger charge is -2.32. The first-order chi connectivity index (χ1) is 9.50. The predicted octanol–water partition coefficient (Wildman–Crippen LogP) is 0.599. The van der Waals surface area contributed by atoms with Gasteiger partial charge in [0.1, 0.15) is 10.6 Å². The van der Waals surface area contributed by atoms with E-state index in [9.17, 15) is 13.5 Å². The van der Waals surface area contributed by atoms with Gasteiger partial charge in [0.25, 0.3) is 0 Å². The van der Waals surface area contributed by atoms with Crippen LogP contribution < -0.4 is 10.2 Å². The molecule has 8 heteroatoms. The number of hydrogen-bond donors (Lipinski definition) is 2. The zero-order valence-electron chi connectivity index (χ0n) is 12.8. The molecule has 0 unspecified atom stereocenters. The Kier molecular flexibility index (Phi) is 3.86. The van der Waals surface area contributed by atoms with Gasteiger partial charge in [-0.05, 0) is 52.3 Å². The number of nitrogens with one attached hydrogen (secondary N) is 1. The third-order valence-corrected chi connectivity index (χ3v) is 5.51. The van der Waals surface area contributed by atoms with Crippen molar-refractivity contribution >= 4 is 22.6 Å². The Hall–Kier alpha value is -1.09. The van der Waals surface area contributed by atoms with Crippen molar-refractivity contribution in [3.63, 3.8) is 0 Å². The van der Waals surface area contributed by atoms with Crippen LogP contribution in [0.5, 0.6) is 5.75 Å². The highest BCUT2D eigenvalue weighted by Gasteiger charge is 2.51. The zero-order valence-corrected chi connectivity index (χ0v) is 13.6. The fourth-order valence-corrected chi connectivity index (χ4v) is 2.84. The van der Waals surface area contributed by atoms with Gasteiger partial charge in [-0.3, -0.25) is 0 Å². The predicted molar refractivity (Wildman–Crippen MR) is 80.1 cm³/mol. The van der Waals surface area contributed by atoms with Crippen molar-refractivity contribution in [2.24, 2.45) is 0 Å². The van der Waals surface area contributed by atoms with E-state index in [0.29, 0.717) is 5.46 Å². The highest BCUT2D eigenvalue weighted by Crippen LogP contribution is 2.36. The van der Waals surface area contributed by atoms with Crippen LogP contribution in [0.1, 0.15) is 27.7 Å². The van der Waals surface area contributed by atoms with Crippen molar-refractivity contribution in [2.75, 3.05) is 7.05 Å². The molecule has 1 aromatic rings. The Morgan fingerprint density at radius 3 is 2.14 bits per heavy atom. The lowest BCUT2D eigenvalue weighted by Crippen LogP contribution is -2.41. The molecule has 0 radical (unpaired) electrons. The van der Waals surface area contributed by atoms with E-state index in [1.54, 1.807) is 6.07 Å². The summed E-state index contributed by atoms with van der Waals surface area (Å²) in [7, 11) is -3.14. The van der Waals surface area contributed by atoms with Crippen molar-refractivity contribution in [3.8, 4) is 5.75 Å².